The molecule has 0 atom stereocenters. The third-order valence-corrected chi connectivity index (χ3v) is 4.29. The molecule has 1 aromatic carbocycles. The molecule has 0 aliphatic heterocycles. The number of halogens is 1. The van der Waals surface area contributed by atoms with Gasteiger partial charge in [-0.3, -0.25) is 14.6 Å². The summed E-state index contributed by atoms with van der Waals surface area (Å²) in [7, 11) is 1.52. The average molecular weight is 376 g/mol. The second-order valence-corrected chi connectivity index (χ2v) is 6.20. The van der Waals surface area contributed by atoms with Crippen molar-refractivity contribution >= 4 is 29.1 Å². The summed E-state index contributed by atoms with van der Waals surface area (Å²) in [5.74, 6) is 0.152. The predicted molar refractivity (Wildman–Crippen MR) is 101 cm³/mol. The van der Waals surface area contributed by atoms with Gasteiger partial charge in [0.2, 0.25) is 11.8 Å². The molecule has 2 rings (SSSR count). The van der Waals surface area contributed by atoms with Crippen LogP contribution in [-0.4, -0.2) is 30.5 Å². The van der Waals surface area contributed by atoms with Gasteiger partial charge >= 0.3 is 0 Å². The largest absolute Gasteiger partial charge is 0.495 e. The Kier molecular flexibility index (Phi) is 6.97. The van der Waals surface area contributed by atoms with Gasteiger partial charge in [0.25, 0.3) is 0 Å². The maximum atomic E-state index is 12.1. The average Bonchev–Trinajstić information content (AvgIpc) is 2.63. The Labute approximate surface area is 158 Å². The fourth-order valence-corrected chi connectivity index (χ4v) is 2.62. The molecule has 0 aliphatic rings. The highest BCUT2D eigenvalue weighted by Crippen LogP contribution is 2.34. The Hall–Kier alpha value is -2.60. The van der Waals surface area contributed by atoms with Gasteiger partial charge in [0.1, 0.15) is 5.75 Å². The highest BCUT2D eigenvalue weighted by atomic mass is 35.5. The SMILES string of the molecule is COc1cc(Cl)c(C)cc1N(CCC(=O)NCc1ccccn1)C(C)=O. The fourth-order valence-electron chi connectivity index (χ4n) is 2.46. The van der Waals surface area contributed by atoms with E-state index in [0.29, 0.717) is 23.0 Å². The van der Waals surface area contributed by atoms with Gasteiger partial charge in [-0.15, -0.1) is 0 Å². The molecule has 1 N–H and O–H groups in total. The van der Waals surface area contributed by atoms with Crippen LogP contribution < -0.4 is 15.0 Å². The van der Waals surface area contributed by atoms with Crippen molar-refractivity contribution in [2.24, 2.45) is 0 Å². The molecule has 0 saturated heterocycles. The third kappa shape index (κ3) is 5.20. The summed E-state index contributed by atoms with van der Waals surface area (Å²) < 4.78 is 5.34. The second kappa shape index (κ2) is 9.20. The van der Waals surface area contributed by atoms with Crippen LogP contribution in [0.1, 0.15) is 24.6 Å². The number of methoxy groups -OCH3 is 1. The molecule has 1 heterocycles. The number of hydrogen-bond donors (Lipinski definition) is 1. The number of carbonyl (C=O) groups excluding carboxylic acids is 2. The number of aromatic nitrogens is 1. The van der Waals surface area contributed by atoms with E-state index in [1.807, 2.05) is 25.1 Å². The van der Waals surface area contributed by atoms with Crippen LogP contribution in [-0.2, 0) is 16.1 Å². The summed E-state index contributed by atoms with van der Waals surface area (Å²) in [4.78, 5) is 29.9. The lowest BCUT2D eigenvalue weighted by Crippen LogP contribution is -2.34. The lowest BCUT2D eigenvalue weighted by molar-refractivity contribution is -0.121. The zero-order valence-electron chi connectivity index (χ0n) is 15.1. The van der Waals surface area contributed by atoms with Gasteiger partial charge in [0.05, 0.1) is 25.0 Å². The monoisotopic (exact) mass is 375 g/mol. The number of anilines is 1. The second-order valence-electron chi connectivity index (χ2n) is 5.79. The number of carbonyl (C=O) groups is 2. The molecule has 0 unspecified atom stereocenters. The van der Waals surface area contributed by atoms with E-state index in [0.717, 1.165) is 11.3 Å². The number of hydrogen-bond acceptors (Lipinski definition) is 4. The van der Waals surface area contributed by atoms with Crippen LogP contribution in [0, 0.1) is 6.92 Å². The zero-order valence-corrected chi connectivity index (χ0v) is 15.8. The molecule has 2 aromatic rings. The smallest absolute Gasteiger partial charge is 0.223 e. The van der Waals surface area contributed by atoms with Crippen molar-refractivity contribution in [3.63, 3.8) is 0 Å². The Morgan fingerprint density at radius 3 is 2.69 bits per heavy atom. The van der Waals surface area contributed by atoms with Crippen LogP contribution in [0.3, 0.4) is 0 Å². The van der Waals surface area contributed by atoms with Gasteiger partial charge in [0, 0.05) is 37.2 Å². The molecule has 1 aromatic heterocycles. The van der Waals surface area contributed by atoms with Crippen molar-refractivity contribution in [2.75, 3.05) is 18.6 Å². The minimum atomic E-state index is -0.178. The van der Waals surface area contributed by atoms with Gasteiger partial charge in [-0.25, -0.2) is 0 Å². The number of ether oxygens (including phenoxy) is 1. The van der Waals surface area contributed by atoms with E-state index < -0.39 is 0 Å². The molecule has 0 fully saturated rings. The zero-order chi connectivity index (χ0) is 19.1. The summed E-state index contributed by atoms with van der Waals surface area (Å²) in [5.41, 5.74) is 2.20. The highest BCUT2D eigenvalue weighted by molar-refractivity contribution is 6.31. The van der Waals surface area contributed by atoms with Gasteiger partial charge in [-0.1, -0.05) is 17.7 Å². The lowest BCUT2D eigenvalue weighted by atomic mass is 10.1. The first-order valence-corrected chi connectivity index (χ1v) is 8.59. The van der Waals surface area contributed by atoms with E-state index in [2.05, 4.69) is 10.3 Å². The predicted octanol–water partition coefficient (Wildman–Crippen LogP) is 3.11. The standard InChI is InChI=1S/C19H22ClN3O3/c1-13-10-17(18(26-3)11-16(13)20)23(14(2)24)9-7-19(25)22-12-15-6-4-5-8-21-15/h4-6,8,10-11H,7,9,12H2,1-3H3,(H,22,25). The molecule has 0 saturated carbocycles. The first-order chi connectivity index (χ1) is 12.4. The summed E-state index contributed by atoms with van der Waals surface area (Å²) in [6, 6.07) is 8.97. The molecular weight excluding hydrogens is 354 g/mol. The number of pyridine rings is 1. The maximum Gasteiger partial charge on any atom is 0.223 e. The van der Waals surface area contributed by atoms with Crippen molar-refractivity contribution in [1.82, 2.24) is 10.3 Å². The number of nitrogens with one attached hydrogen (secondary N) is 1. The Morgan fingerprint density at radius 2 is 2.08 bits per heavy atom. The number of rotatable bonds is 7. The van der Waals surface area contributed by atoms with Crippen molar-refractivity contribution < 1.29 is 14.3 Å². The molecule has 26 heavy (non-hydrogen) atoms. The van der Waals surface area contributed by atoms with Gasteiger partial charge in [-0.05, 0) is 30.7 Å². The van der Waals surface area contributed by atoms with Crippen molar-refractivity contribution in [3.05, 3.63) is 52.8 Å². The van der Waals surface area contributed by atoms with E-state index in [1.165, 1.54) is 18.9 Å². The lowest BCUT2D eigenvalue weighted by Gasteiger charge is -2.24. The van der Waals surface area contributed by atoms with Crippen molar-refractivity contribution in [1.29, 1.82) is 0 Å². The molecule has 2 amide bonds. The molecule has 0 radical (unpaired) electrons. The van der Waals surface area contributed by atoms with Gasteiger partial charge < -0.3 is 15.0 Å². The van der Waals surface area contributed by atoms with Crippen molar-refractivity contribution in [2.45, 2.75) is 26.8 Å². The minimum Gasteiger partial charge on any atom is -0.495 e. The fraction of sp³-hybridized carbons (Fsp3) is 0.316. The molecule has 0 aliphatic carbocycles. The summed E-state index contributed by atoms with van der Waals surface area (Å²) in [5, 5.41) is 3.36. The summed E-state index contributed by atoms with van der Waals surface area (Å²) in [6.45, 7) is 3.89. The molecule has 7 heteroatoms. The van der Waals surface area contributed by atoms with Crippen LogP contribution >= 0.6 is 11.6 Å². The minimum absolute atomic E-state index is 0.161. The van der Waals surface area contributed by atoms with Crippen LogP contribution in [0.4, 0.5) is 5.69 Å². The Balaban J connectivity index is 2.04. The van der Waals surface area contributed by atoms with E-state index >= 15 is 0 Å². The third-order valence-electron chi connectivity index (χ3n) is 3.89. The summed E-state index contributed by atoms with van der Waals surface area (Å²) >= 11 is 6.12. The quantitative estimate of drug-likeness (QED) is 0.807. The van der Waals surface area contributed by atoms with Crippen LogP contribution in [0.5, 0.6) is 5.75 Å². The molecule has 6 nitrogen and oxygen atoms in total. The topological polar surface area (TPSA) is 71.5 Å². The van der Waals surface area contributed by atoms with Crippen LogP contribution in [0.15, 0.2) is 36.5 Å². The number of benzene rings is 1. The van der Waals surface area contributed by atoms with Gasteiger partial charge in [0.15, 0.2) is 0 Å². The van der Waals surface area contributed by atoms with E-state index in [-0.39, 0.29) is 24.8 Å². The Morgan fingerprint density at radius 1 is 1.31 bits per heavy atom. The van der Waals surface area contributed by atoms with E-state index in [4.69, 9.17) is 16.3 Å². The van der Waals surface area contributed by atoms with Crippen LogP contribution in [0.2, 0.25) is 5.02 Å². The Bertz CT molecular complexity index is 781. The number of nitrogens with zero attached hydrogens (tertiary/aromatic N) is 2. The molecule has 0 spiro atoms. The highest BCUT2D eigenvalue weighted by Gasteiger charge is 2.19. The number of amides is 2. The number of aryl methyl sites for hydroxylation is 1. The first-order valence-electron chi connectivity index (χ1n) is 8.21. The normalized spacial score (nSPS) is 10.3. The summed E-state index contributed by atoms with van der Waals surface area (Å²) in [6.07, 6.45) is 1.84. The molecule has 138 valence electrons. The maximum absolute atomic E-state index is 12.1. The van der Waals surface area contributed by atoms with E-state index in [9.17, 15) is 9.59 Å². The van der Waals surface area contributed by atoms with Crippen LogP contribution in [0.25, 0.3) is 0 Å². The van der Waals surface area contributed by atoms with E-state index in [1.54, 1.807) is 18.3 Å². The molecule has 0 bridgehead atoms. The first kappa shape index (κ1) is 19.7. The van der Waals surface area contributed by atoms with Gasteiger partial charge in [-0.2, -0.15) is 0 Å². The van der Waals surface area contributed by atoms with Crippen molar-refractivity contribution in [3.8, 4) is 5.75 Å². The molecular formula is C19H22ClN3O3.